The quantitative estimate of drug-likeness (QED) is 0.552. The number of non-ortho nitro benzene ring substituents is 1. The number of nitro benzene ring substituents is 1. The van der Waals surface area contributed by atoms with E-state index in [0.29, 0.717) is 18.5 Å². The minimum atomic E-state index is -0.847. The van der Waals surface area contributed by atoms with Gasteiger partial charge in [-0.05, 0) is 36.6 Å². The maximum Gasteiger partial charge on any atom is 0.303 e. The summed E-state index contributed by atoms with van der Waals surface area (Å²) in [7, 11) is 1.33. The third-order valence-electron chi connectivity index (χ3n) is 3.68. The number of hydrogen-bond acceptors (Lipinski definition) is 5. The maximum absolute atomic E-state index is 12.5. The smallest absolute Gasteiger partial charge is 0.303 e. The Morgan fingerprint density at radius 1 is 1.23 bits per heavy atom. The summed E-state index contributed by atoms with van der Waals surface area (Å²) >= 11 is 0. The van der Waals surface area contributed by atoms with Crippen LogP contribution < -0.4 is 10.1 Å². The normalized spacial score (nSPS) is 10.2. The molecule has 0 atom stereocenters. The molecule has 0 bridgehead atoms. The number of methoxy groups -OCH3 is 1. The van der Waals surface area contributed by atoms with Crippen molar-refractivity contribution in [3.05, 3.63) is 63.7 Å². The molecule has 0 aliphatic carbocycles. The molecule has 26 heavy (non-hydrogen) atoms. The molecule has 1 amide bonds. The number of benzene rings is 2. The van der Waals surface area contributed by atoms with E-state index in [1.54, 1.807) is 18.2 Å². The van der Waals surface area contributed by atoms with Gasteiger partial charge >= 0.3 is 5.97 Å². The number of rotatable bonds is 8. The Kier molecular flexibility index (Phi) is 6.26. The average Bonchev–Trinajstić information content (AvgIpc) is 2.61. The fraction of sp³-hybridized carbons (Fsp3) is 0.222. The minimum Gasteiger partial charge on any atom is -0.496 e. The lowest BCUT2D eigenvalue weighted by molar-refractivity contribution is -0.384. The second-order valence-electron chi connectivity index (χ2n) is 5.54. The number of nitrogens with one attached hydrogen (secondary N) is 1. The monoisotopic (exact) mass is 358 g/mol. The number of hydrogen-bond donors (Lipinski definition) is 2. The molecule has 0 spiro atoms. The van der Waals surface area contributed by atoms with Crippen molar-refractivity contribution in [1.82, 2.24) is 0 Å². The highest BCUT2D eigenvalue weighted by Crippen LogP contribution is 2.25. The summed E-state index contributed by atoms with van der Waals surface area (Å²) in [6.45, 7) is 0. The van der Waals surface area contributed by atoms with Gasteiger partial charge in [-0.3, -0.25) is 19.7 Å². The molecule has 0 aliphatic rings. The van der Waals surface area contributed by atoms with Gasteiger partial charge in [0.1, 0.15) is 5.75 Å². The van der Waals surface area contributed by atoms with Gasteiger partial charge in [0.05, 0.1) is 23.7 Å². The molecule has 0 heterocycles. The van der Waals surface area contributed by atoms with E-state index < -0.39 is 16.8 Å². The highest BCUT2D eigenvalue weighted by atomic mass is 16.6. The van der Waals surface area contributed by atoms with Crippen molar-refractivity contribution in [1.29, 1.82) is 0 Å². The molecule has 136 valence electrons. The van der Waals surface area contributed by atoms with Gasteiger partial charge in [0.15, 0.2) is 0 Å². The lowest BCUT2D eigenvalue weighted by Gasteiger charge is -2.10. The Hall–Kier alpha value is -3.42. The minimum absolute atomic E-state index is 0.0799. The van der Waals surface area contributed by atoms with Crippen LogP contribution in [0, 0.1) is 10.1 Å². The number of nitrogens with zero attached hydrogens (tertiary/aromatic N) is 1. The number of ether oxygens (including phenoxy) is 1. The number of aliphatic carboxylic acids is 1. The molecule has 0 saturated heterocycles. The van der Waals surface area contributed by atoms with Crippen LogP contribution in [0.25, 0.3) is 0 Å². The van der Waals surface area contributed by atoms with E-state index in [9.17, 15) is 19.7 Å². The van der Waals surface area contributed by atoms with Crippen molar-refractivity contribution < 1.29 is 24.4 Å². The number of anilines is 1. The number of carboxylic acid groups (broad SMARTS) is 1. The van der Waals surface area contributed by atoms with Gasteiger partial charge in [-0.2, -0.15) is 0 Å². The van der Waals surface area contributed by atoms with Crippen LogP contribution in [0.4, 0.5) is 11.4 Å². The van der Waals surface area contributed by atoms with Crippen LogP contribution in [0.2, 0.25) is 0 Å². The van der Waals surface area contributed by atoms with Gasteiger partial charge in [-0.1, -0.05) is 12.1 Å². The van der Waals surface area contributed by atoms with Crippen LogP contribution in [-0.4, -0.2) is 29.0 Å². The van der Waals surface area contributed by atoms with Gasteiger partial charge < -0.3 is 15.2 Å². The number of nitro groups is 1. The third kappa shape index (κ3) is 5.04. The summed E-state index contributed by atoms with van der Waals surface area (Å²) in [6.07, 6.45) is 1.16. The van der Waals surface area contributed by atoms with E-state index >= 15 is 0 Å². The van der Waals surface area contributed by atoms with Crippen molar-refractivity contribution >= 4 is 23.3 Å². The highest BCUT2D eigenvalue weighted by molar-refractivity contribution is 6.06. The molecular formula is C18H18N2O6. The van der Waals surface area contributed by atoms with Gasteiger partial charge in [-0.25, -0.2) is 0 Å². The van der Waals surface area contributed by atoms with Crippen LogP contribution in [0.5, 0.6) is 5.75 Å². The van der Waals surface area contributed by atoms with Crippen LogP contribution >= 0.6 is 0 Å². The van der Waals surface area contributed by atoms with Crippen LogP contribution in [0.1, 0.15) is 28.8 Å². The van der Waals surface area contributed by atoms with E-state index in [2.05, 4.69) is 5.32 Å². The first-order valence-corrected chi connectivity index (χ1v) is 7.85. The molecule has 8 heteroatoms. The molecule has 0 saturated carbocycles. The van der Waals surface area contributed by atoms with Crippen molar-refractivity contribution in [3.63, 3.8) is 0 Å². The molecule has 0 radical (unpaired) electrons. The largest absolute Gasteiger partial charge is 0.496 e. The lowest BCUT2D eigenvalue weighted by atomic mass is 10.1. The molecule has 8 nitrogen and oxygen atoms in total. The standard InChI is InChI=1S/C18H18N2O6/c1-26-16-11-14(20(24)25)8-9-15(16)18(23)19-13-6-2-4-12(10-13)5-3-7-17(21)22/h2,4,6,8-11H,3,5,7H2,1H3,(H,19,23)(H,21,22). The van der Waals surface area contributed by atoms with Gasteiger partial charge in [0, 0.05) is 18.2 Å². The maximum atomic E-state index is 12.5. The number of carbonyl (C=O) groups is 2. The van der Waals surface area contributed by atoms with Gasteiger partial charge in [0.2, 0.25) is 0 Å². The number of carboxylic acids is 1. The Balaban J connectivity index is 2.12. The molecule has 2 rings (SSSR count). The average molecular weight is 358 g/mol. The van der Waals surface area contributed by atoms with E-state index in [1.807, 2.05) is 6.07 Å². The van der Waals surface area contributed by atoms with Crippen LogP contribution in [0.3, 0.4) is 0 Å². The van der Waals surface area contributed by atoms with Gasteiger partial charge in [-0.15, -0.1) is 0 Å². The number of amides is 1. The summed E-state index contributed by atoms with van der Waals surface area (Å²) in [5.41, 5.74) is 1.45. The summed E-state index contributed by atoms with van der Waals surface area (Å²) in [5, 5.41) is 22.2. The molecule has 2 aromatic carbocycles. The first kappa shape index (κ1) is 18.9. The predicted molar refractivity (Wildman–Crippen MR) is 94.6 cm³/mol. The molecule has 0 aliphatic heterocycles. The van der Waals surface area contributed by atoms with Crippen molar-refractivity contribution in [2.75, 3.05) is 12.4 Å². The predicted octanol–water partition coefficient (Wildman–Crippen LogP) is 3.26. The second-order valence-corrected chi connectivity index (χ2v) is 5.54. The fourth-order valence-corrected chi connectivity index (χ4v) is 2.43. The first-order valence-electron chi connectivity index (χ1n) is 7.85. The highest BCUT2D eigenvalue weighted by Gasteiger charge is 2.17. The van der Waals surface area contributed by atoms with Crippen LogP contribution in [-0.2, 0) is 11.2 Å². The molecule has 0 unspecified atom stereocenters. The Bertz CT molecular complexity index is 834. The SMILES string of the molecule is COc1cc([N+](=O)[O-])ccc1C(=O)Nc1cccc(CCCC(=O)O)c1. The molecule has 0 fully saturated rings. The first-order chi connectivity index (χ1) is 12.4. The lowest BCUT2D eigenvalue weighted by Crippen LogP contribution is -2.13. The summed E-state index contributed by atoms with van der Waals surface area (Å²) < 4.78 is 5.07. The molecule has 0 aromatic heterocycles. The van der Waals surface area contributed by atoms with Crippen molar-refractivity contribution in [3.8, 4) is 5.75 Å². The number of aryl methyl sites for hydroxylation is 1. The zero-order chi connectivity index (χ0) is 19.1. The van der Waals surface area contributed by atoms with Crippen LogP contribution in [0.15, 0.2) is 42.5 Å². The zero-order valence-corrected chi connectivity index (χ0v) is 14.1. The van der Waals surface area contributed by atoms with E-state index in [4.69, 9.17) is 9.84 Å². The molecular weight excluding hydrogens is 340 g/mol. The Labute approximate surface area is 149 Å². The number of carbonyl (C=O) groups excluding carboxylic acids is 1. The van der Waals surface area contributed by atoms with Crippen molar-refractivity contribution in [2.45, 2.75) is 19.3 Å². The molecule has 2 N–H and O–H groups in total. The van der Waals surface area contributed by atoms with Crippen molar-refractivity contribution in [2.24, 2.45) is 0 Å². The topological polar surface area (TPSA) is 119 Å². The van der Waals surface area contributed by atoms with E-state index in [-0.39, 0.29) is 23.4 Å². The fourth-order valence-electron chi connectivity index (χ4n) is 2.43. The van der Waals surface area contributed by atoms with Gasteiger partial charge in [0.25, 0.3) is 11.6 Å². The summed E-state index contributed by atoms with van der Waals surface area (Å²) in [6, 6.07) is 10.8. The zero-order valence-electron chi connectivity index (χ0n) is 14.1. The summed E-state index contributed by atoms with van der Waals surface area (Å²) in [4.78, 5) is 33.3. The second kappa shape index (κ2) is 8.61. The van der Waals surface area contributed by atoms with E-state index in [0.717, 1.165) is 5.56 Å². The van der Waals surface area contributed by atoms with E-state index in [1.165, 1.54) is 25.3 Å². The summed E-state index contributed by atoms with van der Waals surface area (Å²) in [5.74, 6) is -1.20. The Morgan fingerprint density at radius 2 is 2.00 bits per heavy atom. The third-order valence-corrected chi connectivity index (χ3v) is 3.68. The molecule has 2 aromatic rings. The Morgan fingerprint density at radius 3 is 2.65 bits per heavy atom.